The summed E-state index contributed by atoms with van der Waals surface area (Å²) >= 11 is 0. The van der Waals surface area contributed by atoms with Gasteiger partial charge in [0.05, 0.1) is 0 Å². The van der Waals surface area contributed by atoms with Gasteiger partial charge in [0.2, 0.25) is 0 Å². The lowest BCUT2D eigenvalue weighted by Crippen LogP contribution is -2.39. The molecule has 15 heavy (non-hydrogen) atoms. The van der Waals surface area contributed by atoms with Gasteiger partial charge in [-0.25, -0.2) is 0 Å². The lowest BCUT2D eigenvalue weighted by atomic mass is 9.63. The molecular weight excluding hydrogens is 186 g/mol. The molecule has 1 saturated carbocycles. The second kappa shape index (κ2) is 5.31. The molecule has 0 unspecified atom stereocenters. The first-order chi connectivity index (χ1) is 7.37. The molecule has 88 valence electrons. The molecule has 0 aromatic heterocycles. The molecule has 2 N–H and O–H groups in total. The van der Waals surface area contributed by atoms with E-state index in [2.05, 4.69) is 0 Å². The van der Waals surface area contributed by atoms with E-state index in [1.165, 1.54) is 51.4 Å². The van der Waals surface area contributed by atoms with Crippen LogP contribution in [0.15, 0.2) is 0 Å². The molecule has 1 heterocycles. The fraction of sp³-hybridized carbons (Fsp3) is 1.00. The predicted molar refractivity (Wildman–Crippen MR) is 62.7 cm³/mol. The summed E-state index contributed by atoms with van der Waals surface area (Å²) < 4.78 is 5.52. The van der Waals surface area contributed by atoms with Gasteiger partial charge in [0, 0.05) is 13.2 Å². The normalized spacial score (nSPS) is 27.8. The number of nitrogens with two attached hydrogens (primary N) is 1. The Kier molecular flexibility index (Phi) is 4.04. The summed E-state index contributed by atoms with van der Waals surface area (Å²) in [6.45, 7) is 2.80. The van der Waals surface area contributed by atoms with Gasteiger partial charge in [0.1, 0.15) is 0 Å². The standard InChI is InChI=1S/C13H25NO/c14-9-6-13(7-10-15-11-8-13)12-4-2-1-3-5-12/h12H,1-11,14H2. The summed E-state index contributed by atoms with van der Waals surface area (Å²) in [5.74, 6) is 0.943. The van der Waals surface area contributed by atoms with Crippen LogP contribution >= 0.6 is 0 Å². The molecule has 0 amide bonds. The van der Waals surface area contributed by atoms with Crippen molar-refractivity contribution in [3.05, 3.63) is 0 Å². The van der Waals surface area contributed by atoms with Gasteiger partial charge in [-0.1, -0.05) is 19.3 Å². The van der Waals surface area contributed by atoms with Crippen LogP contribution < -0.4 is 5.73 Å². The van der Waals surface area contributed by atoms with Crippen LogP contribution in [0.5, 0.6) is 0 Å². The first kappa shape index (κ1) is 11.4. The Balaban J connectivity index is 2.01. The van der Waals surface area contributed by atoms with E-state index >= 15 is 0 Å². The third kappa shape index (κ3) is 2.54. The van der Waals surface area contributed by atoms with Gasteiger partial charge in [0.25, 0.3) is 0 Å². The molecule has 1 saturated heterocycles. The molecule has 0 aromatic carbocycles. The minimum Gasteiger partial charge on any atom is -0.381 e. The number of hydrogen-bond donors (Lipinski definition) is 1. The average Bonchev–Trinajstić information content (AvgIpc) is 2.32. The maximum Gasteiger partial charge on any atom is 0.0471 e. The van der Waals surface area contributed by atoms with Crippen molar-refractivity contribution in [2.24, 2.45) is 17.1 Å². The molecule has 1 aliphatic heterocycles. The van der Waals surface area contributed by atoms with Crippen molar-refractivity contribution in [2.75, 3.05) is 19.8 Å². The molecule has 2 rings (SSSR count). The summed E-state index contributed by atoms with van der Waals surface area (Å²) in [5, 5.41) is 0. The number of rotatable bonds is 3. The van der Waals surface area contributed by atoms with Crippen molar-refractivity contribution >= 4 is 0 Å². The van der Waals surface area contributed by atoms with Crippen molar-refractivity contribution in [1.82, 2.24) is 0 Å². The van der Waals surface area contributed by atoms with Gasteiger partial charge >= 0.3 is 0 Å². The zero-order valence-electron chi connectivity index (χ0n) is 9.84. The van der Waals surface area contributed by atoms with Crippen LogP contribution in [0.4, 0.5) is 0 Å². The first-order valence-corrected chi connectivity index (χ1v) is 6.65. The Morgan fingerprint density at radius 1 is 1.07 bits per heavy atom. The highest BCUT2D eigenvalue weighted by Gasteiger charge is 2.39. The molecule has 1 aliphatic carbocycles. The zero-order valence-corrected chi connectivity index (χ0v) is 9.84. The van der Waals surface area contributed by atoms with E-state index in [1.807, 2.05) is 0 Å². The van der Waals surface area contributed by atoms with E-state index in [4.69, 9.17) is 10.5 Å². The second-order valence-electron chi connectivity index (χ2n) is 5.35. The Bertz CT molecular complexity index is 175. The highest BCUT2D eigenvalue weighted by Crippen LogP contribution is 2.47. The van der Waals surface area contributed by atoms with Crippen LogP contribution in [0.3, 0.4) is 0 Å². The maximum absolute atomic E-state index is 5.81. The Morgan fingerprint density at radius 3 is 2.33 bits per heavy atom. The maximum atomic E-state index is 5.81. The van der Waals surface area contributed by atoms with Crippen LogP contribution in [-0.2, 0) is 4.74 Å². The van der Waals surface area contributed by atoms with Crippen LogP contribution in [0.2, 0.25) is 0 Å². The van der Waals surface area contributed by atoms with E-state index < -0.39 is 0 Å². The summed E-state index contributed by atoms with van der Waals surface area (Å²) in [4.78, 5) is 0. The third-order valence-corrected chi connectivity index (χ3v) is 4.60. The smallest absolute Gasteiger partial charge is 0.0471 e. The van der Waals surface area contributed by atoms with E-state index in [0.29, 0.717) is 5.41 Å². The van der Waals surface area contributed by atoms with Crippen molar-refractivity contribution in [3.8, 4) is 0 Å². The van der Waals surface area contributed by atoms with Crippen molar-refractivity contribution in [2.45, 2.75) is 51.4 Å². The molecule has 2 heteroatoms. The van der Waals surface area contributed by atoms with Crippen molar-refractivity contribution in [1.29, 1.82) is 0 Å². The fourth-order valence-corrected chi connectivity index (χ4v) is 3.64. The molecule has 2 fully saturated rings. The fourth-order valence-electron chi connectivity index (χ4n) is 3.64. The molecule has 0 atom stereocenters. The SMILES string of the molecule is NCCC1(C2CCCCC2)CCOCC1. The number of hydrogen-bond acceptors (Lipinski definition) is 2. The summed E-state index contributed by atoms with van der Waals surface area (Å²) in [6, 6.07) is 0. The van der Waals surface area contributed by atoms with E-state index in [0.717, 1.165) is 25.7 Å². The van der Waals surface area contributed by atoms with E-state index in [9.17, 15) is 0 Å². The van der Waals surface area contributed by atoms with Crippen LogP contribution in [0.1, 0.15) is 51.4 Å². The molecule has 0 bridgehead atoms. The monoisotopic (exact) mass is 211 g/mol. The Morgan fingerprint density at radius 2 is 1.73 bits per heavy atom. The highest BCUT2D eigenvalue weighted by molar-refractivity contribution is 4.90. The van der Waals surface area contributed by atoms with Gasteiger partial charge in [-0.2, -0.15) is 0 Å². The summed E-state index contributed by atoms with van der Waals surface area (Å²) in [5.41, 5.74) is 6.36. The molecule has 2 aliphatic rings. The third-order valence-electron chi connectivity index (χ3n) is 4.60. The Hall–Kier alpha value is -0.0800. The first-order valence-electron chi connectivity index (χ1n) is 6.65. The van der Waals surface area contributed by atoms with Crippen LogP contribution in [0, 0.1) is 11.3 Å². The lowest BCUT2D eigenvalue weighted by Gasteiger charge is -2.45. The van der Waals surface area contributed by atoms with Gasteiger partial charge in [-0.15, -0.1) is 0 Å². The molecule has 2 nitrogen and oxygen atoms in total. The van der Waals surface area contributed by atoms with Crippen molar-refractivity contribution in [3.63, 3.8) is 0 Å². The van der Waals surface area contributed by atoms with Gasteiger partial charge in [-0.05, 0) is 50.0 Å². The van der Waals surface area contributed by atoms with E-state index in [-0.39, 0.29) is 0 Å². The van der Waals surface area contributed by atoms with E-state index in [1.54, 1.807) is 0 Å². The molecule has 0 aromatic rings. The lowest BCUT2D eigenvalue weighted by molar-refractivity contribution is -0.0323. The summed E-state index contributed by atoms with van der Waals surface area (Å²) in [6.07, 6.45) is 11.0. The Labute approximate surface area is 93.6 Å². The minimum atomic E-state index is 0.549. The second-order valence-corrected chi connectivity index (χ2v) is 5.35. The molecular formula is C13H25NO. The zero-order chi connectivity index (χ0) is 10.6. The predicted octanol–water partition coefficient (Wildman–Crippen LogP) is 2.71. The molecule has 0 spiro atoms. The van der Waals surface area contributed by atoms with Gasteiger partial charge in [0.15, 0.2) is 0 Å². The average molecular weight is 211 g/mol. The van der Waals surface area contributed by atoms with Crippen molar-refractivity contribution < 1.29 is 4.74 Å². The number of ether oxygens (including phenoxy) is 1. The van der Waals surface area contributed by atoms with Gasteiger partial charge in [-0.3, -0.25) is 0 Å². The molecule has 0 radical (unpaired) electrons. The highest BCUT2D eigenvalue weighted by atomic mass is 16.5. The van der Waals surface area contributed by atoms with Crippen LogP contribution in [-0.4, -0.2) is 19.8 Å². The van der Waals surface area contributed by atoms with Gasteiger partial charge < -0.3 is 10.5 Å². The largest absolute Gasteiger partial charge is 0.381 e. The summed E-state index contributed by atoms with van der Waals surface area (Å²) in [7, 11) is 0. The quantitative estimate of drug-likeness (QED) is 0.779. The van der Waals surface area contributed by atoms with Crippen LogP contribution in [0.25, 0.3) is 0 Å². The topological polar surface area (TPSA) is 35.2 Å². The minimum absolute atomic E-state index is 0.549.